The first-order valence-electron chi connectivity index (χ1n) is 8.33. The summed E-state index contributed by atoms with van der Waals surface area (Å²) in [5.41, 5.74) is -1.07. The first-order valence-corrected chi connectivity index (χ1v) is 8.33. The molecular formula is C16H26N2O5. The molecule has 0 unspecified atom stereocenters. The van der Waals surface area contributed by atoms with Crippen LogP contribution in [-0.4, -0.2) is 60.1 Å². The topological polar surface area (TPSA) is 95.9 Å². The second-order valence-corrected chi connectivity index (χ2v) is 6.39. The number of nitrogens with zero attached hydrogens (tertiary/aromatic N) is 1. The van der Waals surface area contributed by atoms with Crippen LogP contribution in [0.3, 0.4) is 0 Å². The van der Waals surface area contributed by atoms with Gasteiger partial charge in [-0.05, 0) is 31.6 Å². The average molecular weight is 326 g/mol. The summed E-state index contributed by atoms with van der Waals surface area (Å²) in [6.45, 7) is 0.373. The van der Waals surface area contributed by atoms with Crippen LogP contribution in [0.4, 0.5) is 0 Å². The smallest absolute Gasteiger partial charge is 0.329 e. The number of likely N-dealkylation sites (tertiary alicyclic amines) is 1. The van der Waals surface area contributed by atoms with Crippen LogP contribution in [-0.2, 0) is 19.1 Å². The summed E-state index contributed by atoms with van der Waals surface area (Å²) >= 11 is 0. The highest BCUT2D eigenvalue weighted by Gasteiger charge is 2.54. The van der Waals surface area contributed by atoms with E-state index in [-0.39, 0.29) is 24.9 Å². The fourth-order valence-corrected chi connectivity index (χ4v) is 4.03. The first-order chi connectivity index (χ1) is 11.0. The van der Waals surface area contributed by atoms with Crippen molar-refractivity contribution in [3.63, 3.8) is 0 Å². The minimum absolute atomic E-state index is 0.0285. The number of esters is 1. The number of carboxylic acid groups (broad SMARTS) is 1. The summed E-state index contributed by atoms with van der Waals surface area (Å²) in [6.07, 6.45) is 6.17. The molecular weight excluding hydrogens is 300 g/mol. The molecule has 0 radical (unpaired) electrons. The Morgan fingerprint density at radius 3 is 2.48 bits per heavy atom. The Kier molecular flexibility index (Phi) is 5.98. The SMILES string of the molecule is COC(=O)CNCC(=O)N1CCC[C@]1(C(=O)O)C1CCCCC1. The lowest BCUT2D eigenvalue weighted by Crippen LogP contribution is -2.59. The number of carbonyl (C=O) groups excluding carboxylic acids is 2. The number of methoxy groups -OCH3 is 1. The molecule has 2 N–H and O–H groups in total. The number of carboxylic acids is 1. The molecule has 0 bridgehead atoms. The summed E-state index contributed by atoms with van der Waals surface area (Å²) in [7, 11) is 1.28. The maximum Gasteiger partial charge on any atom is 0.329 e. The average Bonchev–Trinajstić information content (AvgIpc) is 3.01. The van der Waals surface area contributed by atoms with Gasteiger partial charge in [0.1, 0.15) is 5.54 Å². The van der Waals surface area contributed by atoms with Crippen molar-refractivity contribution >= 4 is 17.8 Å². The van der Waals surface area contributed by atoms with Crippen molar-refractivity contribution in [3.8, 4) is 0 Å². The molecule has 2 fully saturated rings. The zero-order valence-electron chi connectivity index (χ0n) is 13.7. The molecule has 1 saturated heterocycles. The van der Waals surface area contributed by atoms with E-state index in [1.807, 2.05) is 0 Å². The highest BCUT2D eigenvalue weighted by atomic mass is 16.5. The summed E-state index contributed by atoms with van der Waals surface area (Å²) in [6, 6.07) is 0. The minimum Gasteiger partial charge on any atom is -0.479 e. The number of aliphatic carboxylic acids is 1. The molecule has 7 nitrogen and oxygen atoms in total. The zero-order chi connectivity index (χ0) is 16.9. The quantitative estimate of drug-likeness (QED) is 0.700. The molecule has 1 aliphatic carbocycles. The van der Waals surface area contributed by atoms with E-state index < -0.39 is 17.5 Å². The Morgan fingerprint density at radius 2 is 1.87 bits per heavy atom. The zero-order valence-corrected chi connectivity index (χ0v) is 13.7. The molecule has 7 heteroatoms. The molecule has 1 heterocycles. The lowest BCUT2D eigenvalue weighted by Gasteiger charge is -2.42. The van der Waals surface area contributed by atoms with Gasteiger partial charge in [-0.25, -0.2) is 4.79 Å². The second kappa shape index (κ2) is 7.77. The van der Waals surface area contributed by atoms with Gasteiger partial charge in [-0.1, -0.05) is 19.3 Å². The summed E-state index contributed by atoms with van der Waals surface area (Å²) in [5, 5.41) is 12.6. The van der Waals surface area contributed by atoms with Gasteiger partial charge in [0, 0.05) is 6.54 Å². The van der Waals surface area contributed by atoms with E-state index >= 15 is 0 Å². The lowest BCUT2D eigenvalue weighted by atomic mass is 9.73. The van der Waals surface area contributed by atoms with Crippen LogP contribution in [0.2, 0.25) is 0 Å². The van der Waals surface area contributed by atoms with Gasteiger partial charge < -0.3 is 14.7 Å². The Bertz CT molecular complexity index is 461. The Morgan fingerprint density at radius 1 is 1.17 bits per heavy atom. The molecule has 2 rings (SSSR count). The van der Waals surface area contributed by atoms with Crippen LogP contribution in [0.5, 0.6) is 0 Å². The highest BCUT2D eigenvalue weighted by molar-refractivity contribution is 5.89. The molecule has 1 aliphatic heterocycles. The van der Waals surface area contributed by atoms with Crippen molar-refractivity contribution < 1.29 is 24.2 Å². The predicted octanol–water partition coefficient (Wildman–Crippen LogP) is 0.775. The molecule has 0 spiro atoms. The summed E-state index contributed by atoms with van der Waals surface area (Å²) < 4.78 is 4.51. The maximum atomic E-state index is 12.5. The third kappa shape index (κ3) is 3.65. The molecule has 0 aromatic rings. The first kappa shape index (κ1) is 17.7. The van der Waals surface area contributed by atoms with Crippen LogP contribution >= 0.6 is 0 Å². The standard InChI is InChI=1S/C16H26N2O5/c1-23-14(20)11-17-10-13(19)18-9-5-8-16(18,15(21)22)12-6-3-2-4-7-12/h12,17H,2-11H2,1H3,(H,21,22)/t16-/m1/s1. The van der Waals surface area contributed by atoms with E-state index in [1.165, 1.54) is 12.0 Å². The fraction of sp³-hybridized carbons (Fsp3) is 0.812. The van der Waals surface area contributed by atoms with Crippen molar-refractivity contribution in [2.24, 2.45) is 5.92 Å². The molecule has 0 aromatic heterocycles. The predicted molar refractivity (Wildman–Crippen MR) is 82.8 cm³/mol. The highest BCUT2D eigenvalue weighted by Crippen LogP contribution is 2.43. The summed E-state index contributed by atoms with van der Waals surface area (Å²) in [4.78, 5) is 37.2. The van der Waals surface area contributed by atoms with E-state index in [4.69, 9.17) is 0 Å². The van der Waals surface area contributed by atoms with Crippen LogP contribution in [0.25, 0.3) is 0 Å². The van der Waals surface area contributed by atoms with Crippen molar-refractivity contribution in [1.29, 1.82) is 0 Å². The Hall–Kier alpha value is -1.63. The monoisotopic (exact) mass is 326 g/mol. The van der Waals surface area contributed by atoms with E-state index in [9.17, 15) is 19.5 Å². The lowest BCUT2D eigenvalue weighted by molar-refractivity contribution is -0.161. The van der Waals surface area contributed by atoms with E-state index in [1.54, 1.807) is 0 Å². The summed E-state index contributed by atoms with van der Waals surface area (Å²) in [5.74, 6) is -1.56. The number of rotatable bonds is 6. The number of amides is 1. The van der Waals surface area contributed by atoms with Gasteiger partial charge in [-0.15, -0.1) is 0 Å². The molecule has 0 aromatic carbocycles. The molecule has 2 aliphatic rings. The fourth-order valence-electron chi connectivity index (χ4n) is 4.03. The van der Waals surface area contributed by atoms with E-state index in [0.717, 1.165) is 32.1 Å². The van der Waals surface area contributed by atoms with Crippen molar-refractivity contribution in [2.75, 3.05) is 26.7 Å². The van der Waals surface area contributed by atoms with Crippen LogP contribution in [0.15, 0.2) is 0 Å². The van der Waals surface area contributed by atoms with Gasteiger partial charge >= 0.3 is 11.9 Å². The molecule has 1 atom stereocenters. The largest absolute Gasteiger partial charge is 0.479 e. The van der Waals surface area contributed by atoms with Gasteiger partial charge in [0.2, 0.25) is 5.91 Å². The van der Waals surface area contributed by atoms with Crippen molar-refractivity contribution in [1.82, 2.24) is 10.2 Å². The van der Waals surface area contributed by atoms with Gasteiger partial charge in [0.25, 0.3) is 0 Å². The third-order valence-electron chi connectivity index (χ3n) is 5.15. The second-order valence-electron chi connectivity index (χ2n) is 6.39. The minimum atomic E-state index is -1.07. The number of nitrogens with one attached hydrogen (secondary N) is 1. The number of ether oxygens (including phenoxy) is 1. The van der Waals surface area contributed by atoms with Crippen molar-refractivity contribution in [3.05, 3.63) is 0 Å². The van der Waals surface area contributed by atoms with Crippen LogP contribution < -0.4 is 5.32 Å². The third-order valence-corrected chi connectivity index (χ3v) is 5.15. The van der Waals surface area contributed by atoms with E-state index in [2.05, 4.69) is 10.1 Å². The van der Waals surface area contributed by atoms with Gasteiger partial charge in [0.15, 0.2) is 0 Å². The number of hydrogen-bond acceptors (Lipinski definition) is 5. The number of carbonyl (C=O) groups is 3. The normalized spacial score (nSPS) is 25.3. The Labute approximate surface area is 136 Å². The van der Waals surface area contributed by atoms with E-state index in [0.29, 0.717) is 19.4 Å². The number of hydrogen-bond donors (Lipinski definition) is 2. The molecule has 130 valence electrons. The van der Waals surface area contributed by atoms with Gasteiger partial charge in [-0.3, -0.25) is 14.9 Å². The molecule has 23 heavy (non-hydrogen) atoms. The Balaban J connectivity index is 2.07. The van der Waals surface area contributed by atoms with Gasteiger partial charge in [-0.2, -0.15) is 0 Å². The van der Waals surface area contributed by atoms with Crippen LogP contribution in [0.1, 0.15) is 44.9 Å². The molecule has 1 saturated carbocycles. The molecule has 1 amide bonds. The van der Waals surface area contributed by atoms with Crippen molar-refractivity contribution in [2.45, 2.75) is 50.5 Å². The van der Waals surface area contributed by atoms with Crippen LogP contribution in [0, 0.1) is 5.92 Å². The van der Waals surface area contributed by atoms with Gasteiger partial charge in [0.05, 0.1) is 20.2 Å². The maximum absolute atomic E-state index is 12.5.